The average Bonchev–Trinajstić information content (AvgIpc) is 2.68. The monoisotopic (exact) mass is 376 g/mol. The van der Waals surface area contributed by atoms with Gasteiger partial charge in [-0.25, -0.2) is 9.07 Å². The van der Waals surface area contributed by atoms with E-state index in [1.807, 2.05) is 6.07 Å². The number of nitrogens with zero attached hydrogens (tertiary/aromatic N) is 3. The maximum Gasteiger partial charge on any atom is 0.276 e. The number of para-hydroxylation sites is 1. The number of carbonyl (C=O) groups is 1. The molecule has 1 amide bonds. The van der Waals surface area contributed by atoms with Gasteiger partial charge in [-0.15, -0.1) is 0 Å². The summed E-state index contributed by atoms with van der Waals surface area (Å²) in [6.45, 7) is 3.37. The molecule has 3 rings (SSSR count). The zero-order valence-corrected chi connectivity index (χ0v) is 15.3. The summed E-state index contributed by atoms with van der Waals surface area (Å²) in [6, 6.07) is 15.6. The largest absolute Gasteiger partial charge is 0.344 e. The summed E-state index contributed by atoms with van der Waals surface area (Å²) in [5.74, 6) is -1.17. The van der Waals surface area contributed by atoms with Gasteiger partial charge >= 0.3 is 0 Å². The quantitative estimate of drug-likeness (QED) is 0.758. The number of aryl methyl sites for hydroxylation is 1. The highest BCUT2D eigenvalue weighted by atomic mass is 19.1. The molecule has 3 aromatic rings. The van der Waals surface area contributed by atoms with Crippen molar-refractivity contribution in [2.75, 3.05) is 0 Å². The predicted octanol–water partition coefficient (Wildman–Crippen LogP) is 3.04. The van der Waals surface area contributed by atoms with E-state index in [4.69, 9.17) is 5.26 Å². The first-order chi connectivity index (χ1) is 13.4. The standard InChI is InChI=1S/C21H17FN4O2/c1-13-11-19(27)20(25-26(13)18-6-4-3-5-17(18)22)21(28)24-14(2)16-9-7-15(12-23)8-10-16/h3-11,14H,1-2H3,(H,24,28). The van der Waals surface area contributed by atoms with Crippen LogP contribution >= 0.6 is 0 Å². The maximum absolute atomic E-state index is 14.1. The van der Waals surface area contributed by atoms with E-state index in [0.717, 1.165) is 5.56 Å². The second-order valence-corrected chi connectivity index (χ2v) is 6.29. The molecule has 0 saturated heterocycles. The third-order valence-corrected chi connectivity index (χ3v) is 4.29. The Bertz CT molecular complexity index is 1130. The molecule has 0 fully saturated rings. The average molecular weight is 376 g/mol. The van der Waals surface area contributed by atoms with Gasteiger partial charge in [-0.1, -0.05) is 24.3 Å². The summed E-state index contributed by atoms with van der Waals surface area (Å²) in [5.41, 5.74) is 0.967. The molecule has 0 bridgehead atoms. The molecule has 1 atom stereocenters. The fourth-order valence-electron chi connectivity index (χ4n) is 2.77. The Balaban J connectivity index is 1.91. The lowest BCUT2D eigenvalue weighted by molar-refractivity contribution is 0.0931. The van der Waals surface area contributed by atoms with E-state index in [1.54, 1.807) is 50.2 Å². The van der Waals surface area contributed by atoms with E-state index in [1.165, 1.54) is 22.9 Å². The SMILES string of the molecule is Cc1cc(=O)c(C(=O)NC(C)c2ccc(C#N)cc2)nn1-c1ccccc1F. The molecular formula is C21H17FN4O2. The van der Waals surface area contributed by atoms with E-state index in [0.29, 0.717) is 11.3 Å². The molecule has 0 aliphatic carbocycles. The number of nitrogens with one attached hydrogen (secondary N) is 1. The Labute approximate surface area is 160 Å². The molecular weight excluding hydrogens is 359 g/mol. The lowest BCUT2D eigenvalue weighted by Gasteiger charge is -2.15. The molecule has 0 saturated carbocycles. The van der Waals surface area contributed by atoms with Gasteiger partial charge in [0.15, 0.2) is 5.69 Å². The second-order valence-electron chi connectivity index (χ2n) is 6.29. The number of carbonyl (C=O) groups excluding carboxylic acids is 1. The first-order valence-electron chi connectivity index (χ1n) is 8.57. The summed E-state index contributed by atoms with van der Waals surface area (Å²) in [6.07, 6.45) is 0. The normalized spacial score (nSPS) is 11.5. The van der Waals surface area contributed by atoms with Crippen LogP contribution in [0, 0.1) is 24.1 Å². The van der Waals surface area contributed by atoms with Crippen molar-refractivity contribution in [2.24, 2.45) is 0 Å². The van der Waals surface area contributed by atoms with Gasteiger partial charge in [0.05, 0.1) is 17.7 Å². The van der Waals surface area contributed by atoms with Gasteiger partial charge in [0.2, 0.25) is 5.43 Å². The number of aromatic nitrogens is 2. The van der Waals surface area contributed by atoms with Gasteiger partial charge in [-0.2, -0.15) is 10.4 Å². The van der Waals surface area contributed by atoms with E-state index >= 15 is 0 Å². The molecule has 1 aromatic heterocycles. The van der Waals surface area contributed by atoms with Crippen LogP contribution in [0.1, 0.15) is 40.3 Å². The highest BCUT2D eigenvalue weighted by Crippen LogP contribution is 2.15. The van der Waals surface area contributed by atoms with Gasteiger partial charge in [0.1, 0.15) is 11.5 Å². The van der Waals surface area contributed by atoms with Crippen LogP contribution in [0.25, 0.3) is 5.69 Å². The highest BCUT2D eigenvalue weighted by Gasteiger charge is 2.19. The van der Waals surface area contributed by atoms with Crippen molar-refractivity contribution in [3.8, 4) is 11.8 Å². The van der Waals surface area contributed by atoms with Gasteiger partial charge in [-0.05, 0) is 43.7 Å². The molecule has 140 valence electrons. The number of amides is 1. The summed E-state index contributed by atoms with van der Waals surface area (Å²) < 4.78 is 15.4. The van der Waals surface area contributed by atoms with Crippen LogP contribution < -0.4 is 10.7 Å². The maximum atomic E-state index is 14.1. The van der Waals surface area contributed by atoms with Crippen molar-refractivity contribution in [2.45, 2.75) is 19.9 Å². The minimum Gasteiger partial charge on any atom is -0.344 e. The molecule has 28 heavy (non-hydrogen) atoms. The van der Waals surface area contributed by atoms with Crippen molar-refractivity contribution in [1.29, 1.82) is 5.26 Å². The van der Waals surface area contributed by atoms with Gasteiger partial charge < -0.3 is 5.32 Å². The van der Waals surface area contributed by atoms with Crippen LogP contribution in [-0.2, 0) is 0 Å². The second kappa shape index (κ2) is 7.84. The fourth-order valence-corrected chi connectivity index (χ4v) is 2.77. The Kier molecular flexibility index (Phi) is 5.32. The number of benzene rings is 2. The Hall–Kier alpha value is -3.79. The number of rotatable bonds is 4. The third-order valence-electron chi connectivity index (χ3n) is 4.29. The molecule has 0 aliphatic heterocycles. The van der Waals surface area contributed by atoms with E-state index in [-0.39, 0.29) is 11.4 Å². The van der Waals surface area contributed by atoms with Crippen molar-refractivity contribution in [3.05, 3.63) is 93.2 Å². The molecule has 7 heteroatoms. The van der Waals surface area contributed by atoms with Gasteiger partial charge in [0, 0.05) is 11.8 Å². The third kappa shape index (κ3) is 3.81. The first-order valence-corrected chi connectivity index (χ1v) is 8.57. The molecule has 6 nitrogen and oxygen atoms in total. The molecule has 1 heterocycles. The summed E-state index contributed by atoms with van der Waals surface area (Å²) in [5, 5.41) is 15.7. The van der Waals surface area contributed by atoms with Gasteiger partial charge in [-0.3, -0.25) is 9.59 Å². The van der Waals surface area contributed by atoms with Crippen LogP contribution in [0.15, 0.2) is 59.4 Å². The first kappa shape index (κ1) is 19.0. The molecule has 0 radical (unpaired) electrons. The highest BCUT2D eigenvalue weighted by molar-refractivity contribution is 5.92. The zero-order chi connectivity index (χ0) is 20.3. The molecule has 0 spiro atoms. The summed E-state index contributed by atoms with van der Waals surface area (Å²) in [7, 11) is 0. The number of nitriles is 1. The lowest BCUT2D eigenvalue weighted by Crippen LogP contribution is -2.33. The van der Waals surface area contributed by atoms with Crippen molar-refractivity contribution >= 4 is 5.91 Å². The summed E-state index contributed by atoms with van der Waals surface area (Å²) in [4.78, 5) is 24.9. The topological polar surface area (TPSA) is 87.8 Å². The fraction of sp³-hybridized carbons (Fsp3) is 0.143. The summed E-state index contributed by atoms with van der Waals surface area (Å²) >= 11 is 0. The Morgan fingerprint density at radius 3 is 2.54 bits per heavy atom. The van der Waals surface area contributed by atoms with E-state index in [2.05, 4.69) is 10.4 Å². The number of hydrogen-bond donors (Lipinski definition) is 1. The van der Waals surface area contributed by atoms with E-state index in [9.17, 15) is 14.0 Å². The molecule has 1 N–H and O–H groups in total. The van der Waals surface area contributed by atoms with Crippen LogP contribution in [0.3, 0.4) is 0 Å². The van der Waals surface area contributed by atoms with Crippen LogP contribution in [0.5, 0.6) is 0 Å². The van der Waals surface area contributed by atoms with Crippen LogP contribution in [0.4, 0.5) is 4.39 Å². The van der Waals surface area contributed by atoms with Crippen LogP contribution in [0.2, 0.25) is 0 Å². The minimum absolute atomic E-state index is 0.147. The van der Waals surface area contributed by atoms with Crippen LogP contribution in [-0.4, -0.2) is 15.7 Å². The van der Waals surface area contributed by atoms with Crippen molar-refractivity contribution in [1.82, 2.24) is 15.1 Å². The predicted molar refractivity (Wildman–Crippen MR) is 102 cm³/mol. The molecule has 1 unspecified atom stereocenters. The molecule has 0 aliphatic rings. The molecule has 2 aromatic carbocycles. The van der Waals surface area contributed by atoms with Crippen molar-refractivity contribution < 1.29 is 9.18 Å². The number of halogens is 1. The van der Waals surface area contributed by atoms with Gasteiger partial charge in [0.25, 0.3) is 5.91 Å². The zero-order valence-electron chi connectivity index (χ0n) is 15.3. The Morgan fingerprint density at radius 2 is 1.89 bits per heavy atom. The van der Waals surface area contributed by atoms with Crippen molar-refractivity contribution in [3.63, 3.8) is 0 Å². The number of hydrogen-bond acceptors (Lipinski definition) is 4. The smallest absolute Gasteiger partial charge is 0.276 e. The Morgan fingerprint density at radius 1 is 1.21 bits per heavy atom. The lowest BCUT2D eigenvalue weighted by atomic mass is 10.1. The minimum atomic E-state index is -0.660. The van der Waals surface area contributed by atoms with E-state index < -0.39 is 23.2 Å².